The fourth-order valence-corrected chi connectivity index (χ4v) is 10.3. The Morgan fingerprint density at radius 1 is 0.229 bits per heavy atom. The molecule has 0 spiro atoms. The van der Waals surface area contributed by atoms with Gasteiger partial charge in [0.15, 0.2) is 25.2 Å². The summed E-state index contributed by atoms with van der Waals surface area (Å²) in [7, 11) is 0. The van der Waals surface area contributed by atoms with Gasteiger partial charge in [0.25, 0.3) is 0 Å². The first-order valence-corrected chi connectivity index (χ1v) is 39.6. The predicted octanol–water partition coefficient (Wildman–Crippen LogP) is 17.3. The van der Waals surface area contributed by atoms with Gasteiger partial charge in [0, 0.05) is 75.1 Å². The van der Waals surface area contributed by atoms with Crippen molar-refractivity contribution >= 4 is 0 Å². The number of rotatable bonds is 60. The van der Waals surface area contributed by atoms with Crippen LogP contribution in [-0.2, 0) is 106 Å². The Morgan fingerprint density at radius 3 is 0.495 bits per heavy atom. The van der Waals surface area contributed by atoms with Crippen molar-refractivity contribution < 1.29 is 124 Å². The first kappa shape index (κ1) is 101. The maximum atomic E-state index is 11.8. The van der Waals surface area contributed by atoms with Crippen LogP contribution in [0.2, 0.25) is 0 Å². The van der Waals surface area contributed by atoms with E-state index >= 15 is 0 Å². The summed E-state index contributed by atoms with van der Waals surface area (Å²) in [6, 6.07) is 29.9. The van der Waals surface area contributed by atoms with Gasteiger partial charge in [-0.2, -0.15) is 0 Å². The second-order valence-electron chi connectivity index (χ2n) is 26.7. The first-order valence-electron chi connectivity index (χ1n) is 39.6. The number of ether oxygens (including phenoxy) is 12. The van der Waals surface area contributed by atoms with Crippen molar-refractivity contribution in [3.8, 4) is 23.0 Å². The van der Waals surface area contributed by atoms with Crippen molar-refractivity contribution in [3.63, 3.8) is 0 Å². The maximum absolute atomic E-state index is 11.8. The van der Waals surface area contributed by atoms with Gasteiger partial charge < -0.3 is 97.4 Å². The fraction of sp³-hybridized carbons (Fsp3) is 0.714. The van der Waals surface area contributed by atoms with E-state index in [-0.39, 0.29) is 26.2 Å². The molecular formula is C84H140O20Zr. The van der Waals surface area contributed by atoms with Crippen LogP contribution in [0.3, 0.4) is 0 Å². The average molecular weight is 1560 g/mol. The van der Waals surface area contributed by atoms with Gasteiger partial charge in [0.1, 0.15) is 45.4 Å². The van der Waals surface area contributed by atoms with Crippen LogP contribution in [0.5, 0.6) is 23.0 Å². The Kier molecular flexibility index (Phi) is 61.8. The van der Waals surface area contributed by atoms with E-state index in [1.807, 2.05) is 97.1 Å². The topological polar surface area (TPSA) is 240 Å². The van der Waals surface area contributed by atoms with Crippen molar-refractivity contribution in [2.45, 2.75) is 312 Å². The Morgan fingerprint density at radius 2 is 0.362 bits per heavy atom. The Hall–Kier alpha value is -3.68. The molecule has 0 amide bonds. The van der Waals surface area contributed by atoms with Gasteiger partial charge in [-0.15, -0.1) is 0 Å². The van der Waals surface area contributed by atoms with Gasteiger partial charge in [-0.25, -0.2) is 0 Å². The minimum Gasteiger partial charge on any atom is -0.722 e. The van der Waals surface area contributed by atoms with Gasteiger partial charge in [-0.3, -0.25) is 0 Å². The molecular weight excluding hydrogens is 1420 g/mol. The molecule has 4 unspecified atom stereocenters. The van der Waals surface area contributed by atoms with Crippen molar-refractivity contribution in [2.75, 3.05) is 79.3 Å². The molecule has 0 heterocycles. The third-order valence-electron chi connectivity index (χ3n) is 17.3. The molecule has 4 aromatic rings. The molecule has 0 fully saturated rings. The van der Waals surface area contributed by atoms with Crippen LogP contribution in [0.15, 0.2) is 97.1 Å². The predicted molar refractivity (Wildman–Crippen MR) is 403 cm³/mol. The van der Waals surface area contributed by atoms with E-state index in [2.05, 4.69) is 83.1 Å². The number of hydrogen-bond donors (Lipinski definition) is 0. The average Bonchev–Trinajstić information content (AvgIpc) is 0.816. The largest absolute Gasteiger partial charge is 4.00 e. The summed E-state index contributed by atoms with van der Waals surface area (Å²) in [5.74, 6) is 2.56. The molecule has 0 saturated heterocycles. The normalized spacial score (nSPS) is 13.6. The van der Waals surface area contributed by atoms with E-state index in [4.69, 9.17) is 76.4 Å². The maximum Gasteiger partial charge on any atom is 4.00 e. The molecule has 0 aliphatic heterocycles. The molecule has 20 nitrogen and oxygen atoms in total. The molecule has 0 radical (unpaired) electrons. The van der Waals surface area contributed by atoms with Gasteiger partial charge in [0.2, 0.25) is 0 Å². The number of unbranched alkanes of at least 4 members (excludes halogenated alkanes) is 12. The minimum absolute atomic E-state index is 0. The van der Waals surface area contributed by atoms with Gasteiger partial charge in [0.05, 0.1) is 26.4 Å². The summed E-state index contributed by atoms with van der Waals surface area (Å²) in [4.78, 5) is 18.9. The molecule has 0 aliphatic carbocycles. The third kappa shape index (κ3) is 37.7. The van der Waals surface area contributed by atoms with Crippen LogP contribution in [0.1, 0.15) is 287 Å². The minimum atomic E-state index is -1.29. The van der Waals surface area contributed by atoms with Gasteiger partial charge in [-0.1, -0.05) is 233 Å². The first-order chi connectivity index (χ1) is 50.5. The van der Waals surface area contributed by atoms with Crippen LogP contribution < -0.4 is 40.0 Å². The molecule has 21 heteroatoms. The molecule has 0 aliphatic rings. The zero-order chi connectivity index (χ0) is 77.0. The van der Waals surface area contributed by atoms with Crippen LogP contribution in [0, 0.1) is 0 Å². The zero-order valence-corrected chi connectivity index (χ0v) is 70.1. The molecule has 600 valence electrons. The molecule has 4 aromatic carbocycles. The second kappa shape index (κ2) is 64.0. The fourth-order valence-electron chi connectivity index (χ4n) is 10.3. The van der Waals surface area contributed by atoms with E-state index in [9.17, 15) is 21.0 Å². The monoisotopic (exact) mass is 1560 g/mol. The summed E-state index contributed by atoms with van der Waals surface area (Å²) in [5.41, 5.74) is -2.52. The van der Waals surface area contributed by atoms with E-state index < -0.39 is 47.6 Å². The Bertz CT molecular complexity index is 2240. The van der Waals surface area contributed by atoms with Crippen molar-refractivity contribution in [1.82, 2.24) is 0 Å². The van der Waals surface area contributed by atoms with Gasteiger partial charge >= 0.3 is 26.2 Å². The summed E-state index contributed by atoms with van der Waals surface area (Å²) in [6.07, 6.45) is 20.1. The summed E-state index contributed by atoms with van der Waals surface area (Å²) in [6.45, 7) is 38.6. The molecule has 4 atom stereocenters. The summed E-state index contributed by atoms with van der Waals surface area (Å²) >= 11 is 0. The molecule has 4 rings (SSSR count). The molecule has 0 N–H and O–H groups in total. The van der Waals surface area contributed by atoms with E-state index in [1.54, 1.807) is 27.7 Å². The number of para-hydroxylation sites is 4. The van der Waals surface area contributed by atoms with Crippen LogP contribution in [-0.4, -0.2) is 104 Å². The summed E-state index contributed by atoms with van der Waals surface area (Å²) in [5, 5.41) is 47.3. The SMILES string of the molecule is CCCCOc1ccccc1C(C)(O[O-])C(OCCCC)OCCCC.CCCCOc1ccccc1C(C)(O[O-])C(OCCCC)OCCCC.CCCCOc1ccccc1C(C)(O[O-])C(OCCCC)OCCCC.CCCCOc1ccccc1C(C)(O[O-])C(OCCCC)OCCCC.[Zr+4]. The molecule has 0 bridgehead atoms. The van der Waals surface area contributed by atoms with E-state index in [0.717, 1.165) is 154 Å². The molecule has 105 heavy (non-hydrogen) atoms. The molecule has 0 saturated carbocycles. The van der Waals surface area contributed by atoms with Crippen LogP contribution >= 0.6 is 0 Å². The standard InChI is InChI=1S/4C21H36O5.Zr/c4*1-5-8-15-23-19-14-12-11-13-18(19)21(4,26-22)20(24-16-9-6-2)25-17-10-7-3;/h4*11-14,20,22H,5-10,15-17H2,1-4H3;/q;;;;+4/p-4. The van der Waals surface area contributed by atoms with Crippen molar-refractivity contribution in [3.05, 3.63) is 119 Å². The second-order valence-corrected chi connectivity index (χ2v) is 26.7. The summed E-state index contributed by atoms with van der Waals surface area (Å²) < 4.78 is 70.9. The Balaban J connectivity index is 0.00000137. The number of benzene rings is 4. The van der Waals surface area contributed by atoms with Crippen LogP contribution in [0.4, 0.5) is 0 Å². The van der Waals surface area contributed by atoms with Crippen molar-refractivity contribution in [1.29, 1.82) is 0 Å². The quantitative estimate of drug-likeness (QED) is 0.0173. The smallest absolute Gasteiger partial charge is 0.722 e. The third-order valence-corrected chi connectivity index (χ3v) is 17.3. The zero-order valence-electron chi connectivity index (χ0n) is 67.7. The van der Waals surface area contributed by atoms with E-state index in [1.165, 1.54) is 0 Å². The van der Waals surface area contributed by atoms with Crippen molar-refractivity contribution in [2.24, 2.45) is 0 Å². The van der Waals surface area contributed by atoms with Gasteiger partial charge in [-0.05, 0) is 129 Å². The Labute approximate surface area is 653 Å². The molecule has 0 aromatic heterocycles. The van der Waals surface area contributed by atoms with Crippen LogP contribution in [0.25, 0.3) is 0 Å². The number of hydrogen-bond acceptors (Lipinski definition) is 20. The van der Waals surface area contributed by atoms with E-state index in [0.29, 0.717) is 125 Å².